The van der Waals surface area contributed by atoms with E-state index in [1.54, 1.807) is 6.08 Å². The number of ether oxygens (including phenoxy) is 4. The third kappa shape index (κ3) is 16.8. The largest absolute Gasteiger partial charge is 0.539 e. The lowest BCUT2D eigenvalue weighted by Crippen LogP contribution is -2.59. The Labute approximate surface area is 290 Å². The highest BCUT2D eigenvalue weighted by atomic mass is 28.4. The fraction of sp³-hybridized carbons (Fsp3) is 0.889. The number of methoxy groups -OCH3 is 1. The molecule has 0 aliphatic heterocycles. The van der Waals surface area contributed by atoms with Crippen molar-refractivity contribution in [2.24, 2.45) is 0 Å². The molecule has 0 bridgehead atoms. The molecule has 0 radical (unpaired) electrons. The van der Waals surface area contributed by atoms with Gasteiger partial charge in [-0.2, -0.15) is 0 Å². The highest BCUT2D eigenvalue weighted by Gasteiger charge is 2.46. The van der Waals surface area contributed by atoms with Crippen LogP contribution in [0, 0.1) is 0 Å². The zero-order valence-corrected chi connectivity index (χ0v) is 34.9. The Bertz CT molecular complexity index is 927. The van der Waals surface area contributed by atoms with Crippen LogP contribution in [0.25, 0.3) is 0 Å². The molecule has 0 aliphatic carbocycles. The summed E-state index contributed by atoms with van der Waals surface area (Å²) in [6.07, 6.45) is 6.20. The summed E-state index contributed by atoms with van der Waals surface area (Å²) in [6, 6.07) is -0.552. The van der Waals surface area contributed by atoms with Crippen molar-refractivity contribution in [2.75, 3.05) is 33.5 Å². The van der Waals surface area contributed by atoms with Gasteiger partial charge in [0, 0.05) is 26.7 Å². The number of rotatable bonds is 24. The SMILES string of the molecule is CCCCOC[C@@H](OCCCC)[C@@H](OCCCC)[C@H](O[Si](C)(C)C(C)(C)C)[C@@H](C/C=C(/O[Si](C)(C)C(C)(C)C)C(=O)OC)NC(C)=O. The Morgan fingerprint density at radius 1 is 0.766 bits per heavy atom. The lowest BCUT2D eigenvalue weighted by molar-refractivity contribution is -0.148. The van der Waals surface area contributed by atoms with E-state index in [2.05, 4.69) is 93.8 Å². The van der Waals surface area contributed by atoms with Crippen molar-refractivity contribution in [1.29, 1.82) is 0 Å². The monoisotopic (exact) mass is 703 g/mol. The zero-order valence-electron chi connectivity index (χ0n) is 32.9. The first-order valence-corrected chi connectivity index (χ1v) is 23.7. The van der Waals surface area contributed by atoms with E-state index < -0.39 is 47.0 Å². The van der Waals surface area contributed by atoms with E-state index in [4.69, 9.17) is 27.8 Å². The van der Waals surface area contributed by atoms with Crippen LogP contribution in [0.5, 0.6) is 0 Å². The molecule has 4 atom stereocenters. The highest BCUT2D eigenvalue weighted by molar-refractivity contribution is 6.74. The molecule has 1 N–H and O–H groups in total. The third-order valence-electron chi connectivity index (χ3n) is 9.39. The number of hydrogen-bond donors (Lipinski definition) is 1. The van der Waals surface area contributed by atoms with Crippen molar-refractivity contribution >= 4 is 28.5 Å². The molecule has 0 aliphatic rings. The van der Waals surface area contributed by atoms with Gasteiger partial charge in [0.2, 0.25) is 5.91 Å². The van der Waals surface area contributed by atoms with Gasteiger partial charge in [0.25, 0.3) is 8.32 Å². The average molecular weight is 704 g/mol. The van der Waals surface area contributed by atoms with Crippen LogP contribution in [-0.2, 0) is 37.4 Å². The molecule has 47 heavy (non-hydrogen) atoms. The first-order valence-electron chi connectivity index (χ1n) is 17.9. The van der Waals surface area contributed by atoms with E-state index in [1.807, 2.05) is 0 Å². The maximum atomic E-state index is 13.0. The van der Waals surface area contributed by atoms with Crippen LogP contribution < -0.4 is 5.32 Å². The molecule has 0 saturated heterocycles. The first kappa shape index (κ1) is 45.8. The van der Waals surface area contributed by atoms with Crippen LogP contribution in [0.3, 0.4) is 0 Å². The number of carbonyl (C=O) groups is 2. The predicted octanol–water partition coefficient (Wildman–Crippen LogP) is 8.54. The van der Waals surface area contributed by atoms with Crippen molar-refractivity contribution in [2.45, 2.75) is 175 Å². The van der Waals surface area contributed by atoms with E-state index in [0.29, 0.717) is 26.4 Å². The van der Waals surface area contributed by atoms with Crippen LogP contribution in [0.15, 0.2) is 11.8 Å². The minimum Gasteiger partial charge on any atom is -0.539 e. The maximum Gasteiger partial charge on any atom is 0.371 e. The van der Waals surface area contributed by atoms with E-state index in [-0.39, 0.29) is 28.2 Å². The number of amides is 1. The van der Waals surface area contributed by atoms with Gasteiger partial charge in [-0.1, -0.05) is 81.6 Å². The average Bonchev–Trinajstić information content (AvgIpc) is 2.95. The van der Waals surface area contributed by atoms with E-state index in [1.165, 1.54) is 14.0 Å². The summed E-state index contributed by atoms with van der Waals surface area (Å²) in [5.74, 6) is -0.589. The van der Waals surface area contributed by atoms with Gasteiger partial charge in [-0.25, -0.2) is 4.79 Å². The highest BCUT2D eigenvalue weighted by Crippen LogP contribution is 2.40. The summed E-state index contributed by atoms with van der Waals surface area (Å²) < 4.78 is 38.3. The first-order chi connectivity index (χ1) is 21.7. The third-order valence-corrected chi connectivity index (χ3v) is 18.2. The quantitative estimate of drug-likeness (QED) is 0.0351. The number of carbonyl (C=O) groups excluding carboxylic acids is 2. The Morgan fingerprint density at radius 2 is 1.28 bits per heavy atom. The summed E-state index contributed by atoms with van der Waals surface area (Å²) in [7, 11) is -3.46. The molecule has 0 spiro atoms. The molecule has 9 nitrogen and oxygen atoms in total. The molecule has 0 rings (SSSR count). The summed E-state index contributed by atoms with van der Waals surface area (Å²) in [6.45, 7) is 31.5. The van der Waals surface area contributed by atoms with Gasteiger partial charge in [0.15, 0.2) is 14.1 Å². The van der Waals surface area contributed by atoms with Crippen LogP contribution in [0.2, 0.25) is 36.3 Å². The minimum atomic E-state index is -2.43. The topological polar surface area (TPSA) is 102 Å². The Morgan fingerprint density at radius 3 is 1.74 bits per heavy atom. The van der Waals surface area contributed by atoms with Crippen molar-refractivity contribution in [1.82, 2.24) is 5.32 Å². The van der Waals surface area contributed by atoms with E-state index >= 15 is 0 Å². The summed E-state index contributed by atoms with van der Waals surface area (Å²) in [4.78, 5) is 25.9. The molecular weight excluding hydrogens is 631 g/mol. The fourth-order valence-corrected chi connectivity index (χ4v) is 6.56. The lowest BCUT2D eigenvalue weighted by atomic mass is 9.97. The molecule has 0 saturated carbocycles. The van der Waals surface area contributed by atoms with Crippen LogP contribution in [-0.4, -0.2) is 86.4 Å². The summed E-state index contributed by atoms with van der Waals surface area (Å²) >= 11 is 0. The molecule has 1 amide bonds. The second-order valence-corrected chi connectivity index (χ2v) is 25.2. The maximum absolute atomic E-state index is 13.0. The molecular formula is C36H73NO8Si2. The smallest absolute Gasteiger partial charge is 0.371 e. The van der Waals surface area contributed by atoms with Crippen molar-refractivity contribution in [3.63, 3.8) is 0 Å². The van der Waals surface area contributed by atoms with Crippen molar-refractivity contribution in [3.05, 3.63) is 11.8 Å². The fourth-order valence-electron chi connectivity index (χ4n) is 4.20. The molecule has 0 heterocycles. The second kappa shape index (κ2) is 21.8. The minimum absolute atomic E-state index is 0.116. The number of hydrogen-bond acceptors (Lipinski definition) is 8. The van der Waals surface area contributed by atoms with Gasteiger partial charge in [0.05, 0.1) is 25.9 Å². The number of nitrogens with one attached hydrogen (secondary N) is 1. The lowest BCUT2D eigenvalue weighted by Gasteiger charge is -2.45. The summed E-state index contributed by atoms with van der Waals surface area (Å²) in [5.41, 5.74) is 0. The standard InChI is InChI=1S/C36H73NO8Si2/c1-16-19-24-41-27-31(42-25-20-17-2)33(43-26-21-18-3)32(45-47(14,15)36(8,9)10)29(37-28(4)38)22-23-30(34(39)40-11)44-46(12,13)35(5,6)7/h23,29,31-33H,16-22,24-27H2,1-15H3,(H,37,38)/b30-23+/t29-,31-,32-,33-/m1/s1. The molecule has 11 heteroatoms. The van der Waals surface area contributed by atoms with E-state index in [0.717, 1.165) is 38.5 Å². The predicted molar refractivity (Wildman–Crippen MR) is 198 cm³/mol. The Balaban J connectivity index is 7.24. The molecule has 0 fully saturated rings. The molecule has 0 aromatic heterocycles. The van der Waals surface area contributed by atoms with Gasteiger partial charge in [0.1, 0.15) is 12.2 Å². The van der Waals surface area contributed by atoms with Crippen LogP contribution in [0.4, 0.5) is 0 Å². The number of unbranched alkanes of at least 4 members (excludes halogenated alkanes) is 3. The van der Waals surface area contributed by atoms with Gasteiger partial charge in [-0.15, -0.1) is 0 Å². The van der Waals surface area contributed by atoms with Gasteiger partial charge in [-0.3, -0.25) is 4.79 Å². The van der Waals surface area contributed by atoms with Gasteiger partial charge >= 0.3 is 5.97 Å². The second-order valence-electron chi connectivity index (χ2n) is 15.7. The number of esters is 1. The van der Waals surface area contributed by atoms with Crippen LogP contribution >= 0.6 is 0 Å². The normalized spacial score (nSPS) is 15.9. The molecule has 0 aromatic carbocycles. The summed E-state index contributed by atoms with van der Waals surface area (Å²) in [5, 5.41) is 2.92. The van der Waals surface area contributed by atoms with Gasteiger partial charge < -0.3 is 33.1 Å². The van der Waals surface area contributed by atoms with E-state index in [9.17, 15) is 9.59 Å². The zero-order chi connectivity index (χ0) is 36.5. The van der Waals surface area contributed by atoms with Gasteiger partial charge in [-0.05, 0) is 68.0 Å². The van der Waals surface area contributed by atoms with Crippen LogP contribution in [0.1, 0.15) is 114 Å². The molecule has 0 aromatic rings. The van der Waals surface area contributed by atoms with Crippen molar-refractivity contribution in [3.8, 4) is 0 Å². The Kier molecular flexibility index (Phi) is 21.2. The molecule has 278 valence electrons. The van der Waals surface area contributed by atoms with Crippen molar-refractivity contribution < 1.29 is 37.4 Å². The Hall–Kier alpha value is -1.25. The molecule has 0 unspecified atom stereocenters.